The standard InChI is InChI=1S/C14H20ClNO/c1-10-8-14(17-2)13(15)9-12(10)11-4-3-6-16-7-5-11/h8-9,11,16H,3-7H2,1-2H3. The van der Waals surface area contributed by atoms with Crippen LogP contribution in [0.3, 0.4) is 0 Å². The average Bonchev–Trinajstić information content (AvgIpc) is 2.60. The van der Waals surface area contributed by atoms with Crippen molar-refractivity contribution in [3.05, 3.63) is 28.3 Å². The number of hydrogen-bond donors (Lipinski definition) is 1. The molecule has 0 amide bonds. The predicted molar refractivity (Wildman–Crippen MR) is 72.2 cm³/mol. The second kappa shape index (κ2) is 5.74. The number of aryl methyl sites for hydroxylation is 1. The van der Waals surface area contributed by atoms with E-state index in [1.165, 1.54) is 30.4 Å². The zero-order valence-electron chi connectivity index (χ0n) is 10.6. The summed E-state index contributed by atoms with van der Waals surface area (Å²) in [5, 5.41) is 4.17. The monoisotopic (exact) mass is 253 g/mol. The fraction of sp³-hybridized carbons (Fsp3) is 0.571. The molecule has 1 atom stereocenters. The van der Waals surface area contributed by atoms with Crippen LogP contribution in [-0.4, -0.2) is 20.2 Å². The summed E-state index contributed by atoms with van der Waals surface area (Å²) in [6.07, 6.45) is 3.69. The quantitative estimate of drug-likeness (QED) is 0.871. The van der Waals surface area contributed by atoms with E-state index in [4.69, 9.17) is 16.3 Å². The van der Waals surface area contributed by atoms with Gasteiger partial charge in [-0.2, -0.15) is 0 Å². The van der Waals surface area contributed by atoms with Gasteiger partial charge in [0.2, 0.25) is 0 Å². The lowest BCUT2D eigenvalue weighted by Crippen LogP contribution is -2.14. The Bertz CT molecular complexity index is 384. The van der Waals surface area contributed by atoms with Crippen molar-refractivity contribution in [2.45, 2.75) is 32.1 Å². The van der Waals surface area contributed by atoms with Gasteiger partial charge in [-0.3, -0.25) is 0 Å². The number of hydrogen-bond acceptors (Lipinski definition) is 2. The smallest absolute Gasteiger partial charge is 0.137 e. The van der Waals surface area contributed by atoms with Gasteiger partial charge in [0.15, 0.2) is 0 Å². The fourth-order valence-corrected chi connectivity index (χ4v) is 2.85. The molecule has 0 saturated carbocycles. The molecule has 0 aromatic heterocycles. The van der Waals surface area contributed by atoms with Gasteiger partial charge in [0.1, 0.15) is 5.75 Å². The molecule has 3 heteroatoms. The zero-order chi connectivity index (χ0) is 12.3. The molecule has 1 aromatic rings. The van der Waals surface area contributed by atoms with Crippen LogP contribution in [0.1, 0.15) is 36.3 Å². The number of ether oxygens (including phenoxy) is 1. The molecule has 1 saturated heterocycles. The van der Waals surface area contributed by atoms with Crippen molar-refractivity contribution >= 4 is 11.6 Å². The van der Waals surface area contributed by atoms with Crippen molar-refractivity contribution in [3.63, 3.8) is 0 Å². The summed E-state index contributed by atoms with van der Waals surface area (Å²) in [5.41, 5.74) is 2.68. The molecule has 1 heterocycles. The van der Waals surface area contributed by atoms with Gasteiger partial charge in [-0.1, -0.05) is 11.6 Å². The highest BCUT2D eigenvalue weighted by molar-refractivity contribution is 6.32. The molecule has 0 spiro atoms. The van der Waals surface area contributed by atoms with Gasteiger partial charge in [-0.25, -0.2) is 0 Å². The molecule has 1 fully saturated rings. The van der Waals surface area contributed by atoms with Crippen molar-refractivity contribution in [2.24, 2.45) is 0 Å². The van der Waals surface area contributed by atoms with Crippen molar-refractivity contribution in [1.29, 1.82) is 0 Å². The van der Waals surface area contributed by atoms with Crippen LogP contribution in [0.4, 0.5) is 0 Å². The summed E-state index contributed by atoms with van der Waals surface area (Å²) >= 11 is 6.22. The molecule has 0 radical (unpaired) electrons. The van der Waals surface area contributed by atoms with Crippen molar-refractivity contribution < 1.29 is 4.74 Å². The Labute approximate surface area is 108 Å². The maximum absolute atomic E-state index is 6.22. The highest BCUT2D eigenvalue weighted by atomic mass is 35.5. The van der Waals surface area contributed by atoms with E-state index in [-0.39, 0.29) is 0 Å². The van der Waals surface area contributed by atoms with Crippen LogP contribution in [-0.2, 0) is 0 Å². The molecule has 17 heavy (non-hydrogen) atoms. The third kappa shape index (κ3) is 2.93. The third-order valence-electron chi connectivity index (χ3n) is 3.56. The second-order valence-corrected chi connectivity index (χ2v) is 5.13. The highest BCUT2D eigenvalue weighted by Crippen LogP contribution is 2.35. The molecule has 0 bridgehead atoms. The third-order valence-corrected chi connectivity index (χ3v) is 3.85. The first-order valence-corrected chi connectivity index (χ1v) is 6.65. The van der Waals surface area contributed by atoms with Crippen LogP contribution in [0.15, 0.2) is 12.1 Å². The van der Waals surface area contributed by atoms with E-state index < -0.39 is 0 Å². The average molecular weight is 254 g/mol. The largest absolute Gasteiger partial charge is 0.495 e. The normalized spacial score (nSPS) is 21.0. The molecule has 1 aliphatic rings. The summed E-state index contributed by atoms with van der Waals surface area (Å²) in [4.78, 5) is 0. The van der Waals surface area contributed by atoms with Crippen molar-refractivity contribution in [1.82, 2.24) is 5.32 Å². The molecule has 1 aliphatic heterocycles. The SMILES string of the molecule is COc1cc(C)c(C2CCCNCC2)cc1Cl. The first-order valence-electron chi connectivity index (χ1n) is 6.27. The number of nitrogens with one attached hydrogen (secondary N) is 1. The zero-order valence-corrected chi connectivity index (χ0v) is 11.3. The Morgan fingerprint density at radius 3 is 2.88 bits per heavy atom. The minimum atomic E-state index is 0.633. The lowest BCUT2D eigenvalue weighted by atomic mass is 9.89. The molecule has 1 N–H and O–H groups in total. The van der Waals surface area contributed by atoms with Gasteiger partial charge in [0.05, 0.1) is 12.1 Å². The Hall–Kier alpha value is -0.730. The minimum absolute atomic E-state index is 0.633. The molecule has 2 nitrogen and oxygen atoms in total. The molecule has 1 unspecified atom stereocenters. The van der Waals surface area contributed by atoms with Gasteiger partial charge in [0, 0.05) is 0 Å². The summed E-state index contributed by atoms with van der Waals surface area (Å²) in [5.74, 6) is 1.41. The maximum atomic E-state index is 6.22. The fourth-order valence-electron chi connectivity index (χ4n) is 2.60. The molecule has 2 rings (SSSR count). The Kier molecular flexibility index (Phi) is 4.30. The van der Waals surface area contributed by atoms with Crippen LogP contribution in [0.5, 0.6) is 5.75 Å². The summed E-state index contributed by atoms with van der Waals surface area (Å²) in [6.45, 7) is 4.39. The minimum Gasteiger partial charge on any atom is -0.495 e. The lowest BCUT2D eigenvalue weighted by Gasteiger charge is -2.18. The van der Waals surface area contributed by atoms with E-state index in [1.807, 2.05) is 0 Å². The summed E-state index contributed by atoms with van der Waals surface area (Å²) in [6, 6.07) is 4.14. The van der Waals surface area contributed by atoms with E-state index in [2.05, 4.69) is 24.4 Å². The Morgan fingerprint density at radius 2 is 2.12 bits per heavy atom. The first kappa shape index (κ1) is 12.7. The van der Waals surface area contributed by atoms with Crippen LogP contribution >= 0.6 is 11.6 Å². The van der Waals surface area contributed by atoms with Gasteiger partial charge < -0.3 is 10.1 Å². The first-order chi connectivity index (χ1) is 8.22. The molecule has 0 aliphatic carbocycles. The lowest BCUT2D eigenvalue weighted by molar-refractivity contribution is 0.414. The highest BCUT2D eigenvalue weighted by Gasteiger charge is 2.17. The van der Waals surface area contributed by atoms with Crippen molar-refractivity contribution in [3.8, 4) is 5.75 Å². The van der Waals surface area contributed by atoms with E-state index in [1.54, 1.807) is 7.11 Å². The Morgan fingerprint density at radius 1 is 1.29 bits per heavy atom. The number of halogens is 1. The topological polar surface area (TPSA) is 21.3 Å². The van der Waals surface area contributed by atoms with E-state index in [9.17, 15) is 0 Å². The van der Waals surface area contributed by atoms with Gasteiger partial charge in [0.25, 0.3) is 0 Å². The summed E-state index contributed by atoms with van der Waals surface area (Å²) < 4.78 is 5.25. The molecular formula is C14H20ClNO. The van der Waals surface area contributed by atoms with Gasteiger partial charge in [-0.15, -0.1) is 0 Å². The van der Waals surface area contributed by atoms with E-state index in [0.29, 0.717) is 5.92 Å². The molecule has 1 aromatic carbocycles. The number of benzene rings is 1. The van der Waals surface area contributed by atoms with Crippen LogP contribution in [0.2, 0.25) is 5.02 Å². The van der Waals surface area contributed by atoms with Gasteiger partial charge >= 0.3 is 0 Å². The molecular weight excluding hydrogens is 234 g/mol. The van der Waals surface area contributed by atoms with E-state index >= 15 is 0 Å². The van der Waals surface area contributed by atoms with Gasteiger partial charge in [-0.05, 0) is 68.5 Å². The number of methoxy groups -OCH3 is 1. The molecule has 94 valence electrons. The van der Waals surface area contributed by atoms with Crippen LogP contribution in [0.25, 0.3) is 0 Å². The predicted octanol–water partition coefficient (Wildman–Crippen LogP) is 3.51. The van der Waals surface area contributed by atoms with Crippen LogP contribution < -0.4 is 10.1 Å². The second-order valence-electron chi connectivity index (χ2n) is 4.72. The van der Waals surface area contributed by atoms with Crippen molar-refractivity contribution in [2.75, 3.05) is 20.2 Å². The summed E-state index contributed by atoms with van der Waals surface area (Å²) in [7, 11) is 1.66. The number of rotatable bonds is 2. The maximum Gasteiger partial charge on any atom is 0.137 e. The van der Waals surface area contributed by atoms with E-state index in [0.717, 1.165) is 23.9 Å². The van der Waals surface area contributed by atoms with Crippen LogP contribution in [0, 0.1) is 6.92 Å². The Balaban J connectivity index is 2.27.